The van der Waals surface area contributed by atoms with Gasteiger partial charge in [0.05, 0.1) is 18.8 Å². The minimum Gasteiger partial charge on any atom is -0.481 e. The number of benzene rings is 1. The summed E-state index contributed by atoms with van der Waals surface area (Å²) in [5.41, 5.74) is 0.0650. The maximum absolute atomic E-state index is 14.3. The Morgan fingerprint density at radius 2 is 1.26 bits per heavy atom. The highest BCUT2D eigenvalue weighted by Gasteiger charge is 2.39. The summed E-state index contributed by atoms with van der Waals surface area (Å²) in [5.74, 6) is -11.3. The Balaban J connectivity index is 3.61. The monoisotopic (exact) mass is 880 g/mol. The molecule has 1 aromatic carbocycles. The van der Waals surface area contributed by atoms with Gasteiger partial charge in [0.2, 0.25) is 35.4 Å². The van der Waals surface area contributed by atoms with Crippen LogP contribution < -0.4 is 31.9 Å². The van der Waals surface area contributed by atoms with Crippen molar-refractivity contribution in [3.63, 3.8) is 0 Å². The highest BCUT2D eigenvalue weighted by Crippen LogP contribution is 2.22. The number of carbonyl (C=O) groups is 9. The topological polar surface area (TPSA) is 327 Å². The number of carboxylic acid groups (broad SMARTS) is 3. The van der Waals surface area contributed by atoms with Crippen LogP contribution in [-0.4, -0.2) is 122 Å². The Bertz CT molecular complexity index is 1770. The first-order chi connectivity index (χ1) is 28.2. The van der Waals surface area contributed by atoms with E-state index >= 15 is 0 Å². The Kier molecular flexibility index (Phi) is 22.2. The van der Waals surface area contributed by atoms with Crippen LogP contribution in [-0.2, 0) is 49.6 Å². The lowest BCUT2D eigenvalue weighted by molar-refractivity contribution is -0.142. The van der Waals surface area contributed by atoms with Crippen LogP contribution in [0.25, 0.3) is 0 Å². The summed E-state index contributed by atoms with van der Waals surface area (Å²) in [7, 11) is -1.94. The van der Waals surface area contributed by atoms with E-state index in [-0.39, 0.29) is 25.2 Å². The molecule has 0 saturated heterocycles. The summed E-state index contributed by atoms with van der Waals surface area (Å²) in [6, 6.07) is -2.92. The fourth-order valence-corrected chi connectivity index (χ4v) is 6.09. The molecule has 11 N–H and O–H groups in total. The van der Waals surface area contributed by atoms with Crippen molar-refractivity contribution >= 4 is 72.1 Å². The molecule has 0 aromatic heterocycles. The van der Waals surface area contributed by atoms with E-state index in [0.717, 1.165) is 0 Å². The first-order valence-corrected chi connectivity index (χ1v) is 19.8. The van der Waals surface area contributed by atoms with E-state index in [1.54, 1.807) is 53.7 Å². The lowest BCUT2D eigenvalue weighted by Gasteiger charge is -2.34. The van der Waals surface area contributed by atoms with Gasteiger partial charge in [0.15, 0.2) is 0 Å². The minimum atomic E-state index is -1.94. The predicted molar refractivity (Wildman–Crippen MR) is 221 cm³/mol. The summed E-state index contributed by atoms with van der Waals surface area (Å²) in [6.45, 7) is 13.7. The molecule has 0 aliphatic heterocycles. The van der Waals surface area contributed by atoms with Crippen LogP contribution in [0.5, 0.6) is 0 Å². The van der Waals surface area contributed by atoms with Gasteiger partial charge >= 0.3 is 25.0 Å². The summed E-state index contributed by atoms with van der Waals surface area (Å²) >= 11 is 6.15. The van der Waals surface area contributed by atoms with Crippen molar-refractivity contribution in [1.82, 2.24) is 31.9 Å². The van der Waals surface area contributed by atoms with Crippen LogP contribution in [0.2, 0.25) is 5.02 Å². The molecule has 22 heteroatoms. The number of hydrogen-bond acceptors (Lipinski definition) is 11. The van der Waals surface area contributed by atoms with Gasteiger partial charge in [-0.3, -0.25) is 43.2 Å². The lowest BCUT2D eigenvalue weighted by atomic mass is 9.77. The summed E-state index contributed by atoms with van der Waals surface area (Å²) in [5, 5.41) is 62.2. The lowest BCUT2D eigenvalue weighted by Crippen LogP contribution is -2.62. The molecule has 20 nitrogen and oxygen atoms in total. The fourth-order valence-electron chi connectivity index (χ4n) is 5.86. The number of aryl methyl sites for hydroxylation is 1. The van der Waals surface area contributed by atoms with E-state index in [1.807, 2.05) is 0 Å². The number of carbonyl (C=O) groups excluding carboxylic acids is 6. The largest absolute Gasteiger partial charge is 0.481 e. The van der Waals surface area contributed by atoms with Crippen molar-refractivity contribution in [3.8, 4) is 0 Å². The second-order valence-corrected chi connectivity index (χ2v) is 16.4. The van der Waals surface area contributed by atoms with Gasteiger partial charge in [-0.25, -0.2) is 0 Å². The summed E-state index contributed by atoms with van der Waals surface area (Å²) in [6.07, 6.45) is -2.23. The normalized spacial score (nSPS) is 14.1. The molecule has 0 aliphatic rings. The first kappa shape index (κ1) is 53.5. The predicted octanol–water partition coefficient (Wildman–Crippen LogP) is -0.0157. The third-order valence-corrected chi connectivity index (χ3v) is 9.34. The SMILES string of the molecule is C=CCC(NC(=O)[C@H](CC(C)C)NC(=O)[C@@H](NC(=O)[C@H](Cc1ccc(Cl)cc1C)NC(=O)[C@H](CCC(=O)O)NC(=O)[C@H](CC(=O)O)NC(=O)CCC(=O)O)C(C)(C)C)B(O)O. The second kappa shape index (κ2) is 25.3. The standard InChI is InChI=1S/C39H58BClN6O14/c1-8-9-28(40(60)61)46-36(57)25(16-20(2)3)45-38(59)33(39(5,6)7)47-37(58)26(18-22-10-11-23(41)17-21(22)4)44-34(55)24(12-14-30(49)50)43-35(56)27(19-32(53)54)42-29(48)13-15-31(51)52/h8,10-11,17,20,24-28,33,60-61H,1,9,12-16,18-19H2,2-7H3,(H,42,48)(H,43,56)(H,44,55)(H,45,59)(H,46,57)(H,47,58)(H,49,50)(H,51,52)(H,53,54)/t24-,25-,26-,27-,28?,33+/m0/s1. The molecule has 1 rings (SSSR count). The molecule has 338 valence electrons. The summed E-state index contributed by atoms with van der Waals surface area (Å²) in [4.78, 5) is 115. The van der Waals surface area contributed by atoms with Crippen molar-refractivity contribution < 1.29 is 68.5 Å². The number of aliphatic carboxylic acids is 3. The highest BCUT2D eigenvalue weighted by atomic mass is 35.5. The number of rotatable bonds is 26. The zero-order chi connectivity index (χ0) is 46.8. The first-order valence-electron chi connectivity index (χ1n) is 19.4. The molecular weight excluding hydrogens is 823 g/mol. The molecule has 0 heterocycles. The molecule has 0 spiro atoms. The maximum atomic E-state index is 14.3. The van der Waals surface area contributed by atoms with Gasteiger partial charge in [-0.2, -0.15) is 0 Å². The number of halogens is 1. The molecule has 0 saturated carbocycles. The average molecular weight is 881 g/mol. The third-order valence-electron chi connectivity index (χ3n) is 9.10. The quantitative estimate of drug-likeness (QED) is 0.0431. The van der Waals surface area contributed by atoms with E-state index in [0.29, 0.717) is 16.1 Å². The highest BCUT2D eigenvalue weighted by molar-refractivity contribution is 6.43. The molecule has 6 amide bonds. The molecular formula is C39H58BClN6O14. The van der Waals surface area contributed by atoms with Gasteiger partial charge in [-0.05, 0) is 60.8 Å². The van der Waals surface area contributed by atoms with Crippen LogP contribution >= 0.6 is 11.6 Å². The van der Waals surface area contributed by atoms with Gasteiger partial charge in [-0.1, -0.05) is 58.4 Å². The van der Waals surface area contributed by atoms with Crippen molar-refractivity contribution in [2.24, 2.45) is 11.3 Å². The van der Waals surface area contributed by atoms with Crippen molar-refractivity contribution in [2.45, 2.75) is 129 Å². The third kappa shape index (κ3) is 20.1. The van der Waals surface area contributed by atoms with Gasteiger partial charge < -0.3 is 57.3 Å². The molecule has 1 aromatic rings. The van der Waals surface area contributed by atoms with Crippen LogP contribution in [0, 0.1) is 18.3 Å². The van der Waals surface area contributed by atoms with Crippen molar-refractivity contribution in [1.29, 1.82) is 0 Å². The fraction of sp³-hybridized carbons (Fsp3) is 0.564. The molecule has 0 aliphatic carbocycles. The van der Waals surface area contributed by atoms with Gasteiger partial charge in [-0.15, -0.1) is 6.58 Å². The van der Waals surface area contributed by atoms with E-state index < -0.39 is 134 Å². The Morgan fingerprint density at radius 3 is 1.77 bits per heavy atom. The van der Waals surface area contributed by atoms with Crippen LogP contribution in [0.4, 0.5) is 0 Å². The van der Waals surface area contributed by atoms with Gasteiger partial charge in [0.1, 0.15) is 30.2 Å². The Morgan fingerprint density at radius 1 is 0.721 bits per heavy atom. The number of amides is 6. The number of hydrogen-bond donors (Lipinski definition) is 11. The van der Waals surface area contributed by atoms with E-state index in [4.69, 9.17) is 16.7 Å². The smallest absolute Gasteiger partial charge is 0.475 e. The minimum absolute atomic E-state index is 0.00154. The Labute approximate surface area is 359 Å². The molecule has 1 unspecified atom stereocenters. The number of carboxylic acids is 3. The zero-order valence-corrected chi connectivity index (χ0v) is 35.8. The Hall–Kier alpha value is -5.54. The average Bonchev–Trinajstić information content (AvgIpc) is 3.13. The summed E-state index contributed by atoms with van der Waals surface area (Å²) < 4.78 is 0. The van der Waals surface area contributed by atoms with E-state index in [1.165, 1.54) is 12.1 Å². The van der Waals surface area contributed by atoms with Gasteiger partial charge in [0.25, 0.3) is 0 Å². The van der Waals surface area contributed by atoms with Crippen LogP contribution in [0.15, 0.2) is 30.9 Å². The molecule has 6 atom stereocenters. The van der Waals surface area contributed by atoms with Crippen molar-refractivity contribution in [3.05, 3.63) is 47.0 Å². The molecule has 61 heavy (non-hydrogen) atoms. The molecule has 0 radical (unpaired) electrons. The molecule has 0 bridgehead atoms. The van der Waals surface area contributed by atoms with Crippen LogP contribution in [0.1, 0.15) is 90.7 Å². The van der Waals surface area contributed by atoms with Gasteiger partial charge in [0, 0.05) is 24.3 Å². The van der Waals surface area contributed by atoms with E-state index in [9.17, 15) is 63.4 Å². The maximum Gasteiger partial charge on any atom is 0.475 e. The second-order valence-electron chi connectivity index (χ2n) is 16.0. The van der Waals surface area contributed by atoms with Crippen LogP contribution in [0.3, 0.4) is 0 Å². The zero-order valence-electron chi connectivity index (χ0n) is 35.1. The number of nitrogens with one attached hydrogen (secondary N) is 6. The molecule has 0 fully saturated rings. The van der Waals surface area contributed by atoms with E-state index in [2.05, 4.69) is 38.5 Å². The van der Waals surface area contributed by atoms with Crippen molar-refractivity contribution in [2.75, 3.05) is 0 Å².